The molecular weight excluding hydrogens is 216 g/mol. The van der Waals surface area contributed by atoms with Crippen LogP contribution in [0.5, 0.6) is 0 Å². The van der Waals surface area contributed by atoms with E-state index in [-0.39, 0.29) is 18.4 Å². The van der Waals surface area contributed by atoms with E-state index in [9.17, 15) is 13.6 Å². The monoisotopic (exact) mass is 229 g/mol. The standard InChI is InChI=1S/C11H13F2NO2/c1-6-2-3-7(12)10(11(6)13)8(14)4-5-9(15)16/h2-3,8H,4-5,14H2,1H3,(H,15,16). The number of hydrogen-bond donors (Lipinski definition) is 2. The minimum Gasteiger partial charge on any atom is -0.481 e. The van der Waals surface area contributed by atoms with Gasteiger partial charge in [0.05, 0.1) is 0 Å². The number of benzene rings is 1. The van der Waals surface area contributed by atoms with Crippen LogP contribution in [0.25, 0.3) is 0 Å². The lowest BCUT2D eigenvalue weighted by molar-refractivity contribution is -0.137. The molecule has 16 heavy (non-hydrogen) atoms. The van der Waals surface area contributed by atoms with E-state index in [1.54, 1.807) is 0 Å². The molecule has 0 bridgehead atoms. The zero-order chi connectivity index (χ0) is 12.3. The van der Waals surface area contributed by atoms with Crippen molar-refractivity contribution >= 4 is 5.97 Å². The van der Waals surface area contributed by atoms with Crippen molar-refractivity contribution in [2.24, 2.45) is 5.73 Å². The summed E-state index contributed by atoms with van der Waals surface area (Å²) < 4.78 is 26.9. The maximum absolute atomic E-state index is 13.6. The van der Waals surface area contributed by atoms with Crippen LogP contribution in [-0.2, 0) is 4.79 Å². The molecule has 0 aliphatic heterocycles. The molecule has 1 rings (SSSR count). The Morgan fingerprint density at radius 3 is 2.69 bits per heavy atom. The first-order chi connectivity index (χ1) is 7.43. The summed E-state index contributed by atoms with van der Waals surface area (Å²) in [6.07, 6.45) is -0.208. The first-order valence-corrected chi connectivity index (χ1v) is 4.85. The molecule has 1 aromatic rings. The lowest BCUT2D eigenvalue weighted by Gasteiger charge is -2.14. The molecule has 0 heterocycles. The first kappa shape index (κ1) is 12.6. The Balaban J connectivity index is 2.94. The average Bonchev–Trinajstić information content (AvgIpc) is 2.21. The maximum atomic E-state index is 13.6. The topological polar surface area (TPSA) is 63.3 Å². The molecule has 0 saturated heterocycles. The normalized spacial score (nSPS) is 12.5. The number of carboxylic acids is 1. The summed E-state index contributed by atoms with van der Waals surface area (Å²) in [6, 6.07) is 1.52. The second-order valence-electron chi connectivity index (χ2n) is 3.63. The fourth-order valence-electron chi connectivity index (χ4n) is 1.44. The Labute approximate surface area is 91.9 Å². The molecule has 3 nitrogen and oxygen atoms in total. The van der Waals surface area contributed by atoms with Crippen LogP contribution in [-0.4, -0.2) is 11.1 Å². The Kier molecular flexibility index (Phi) is 3.95. The lowest BCUT2D eigenvalue weighted by atomic mass is 9.99. The smallest absolute Gasteiger partial charge is 0.303 e. The summed E-state index contributed by atoms with van der Waals surface area (Å²) in [6.45, 7) is 1.50. The molecule has 0 amide bonds. The zero-order valence-electron chi connectivity index (χ0n) is 8.84. The lowest BCUT2D eigenvalue weighted by Crippen LogP contribution is -2.16. The van der Waals surface area contributed by atoms with Crippen LogP contribution in [0, 0.1) is 18.6 Å². The summed E-state index contributed by atoms with van der Waals surface area (Å²) >= 11 is 0. The summed E-state index contributed by atoms with van der Waals surface area (Å²) in [5.41, 5.74) is 5.63. The van der Waals surface area contributed by atoms with E-state index >= 15 is 0 Å². The molecule has 3 N–H and O–H groups in total. The maximum Gasteiger partial charge on any atom is 0.303 e. The van der Waals surface area contributed by atoms with Gasteiger partial charge < -0.3 is 10.8 Å². The van der Waals surface area contributed by atoms with Gasteiger partial charge in [0.2, 0.25) is 0 Å². The SMILES string of the molecule is Cc1ccc(F)c(C(N)CCC(=O)O)c1F. The second kappa shape index (κ2) is 5.03. The van der Waals surface area contributed by atoms with E-state index in [4.69, 9.17) is 10.8 Å². The number of carboxylic acid groups (broad SMARTS) is 1. The molecule has 0 saturated carbocycles. The van der Waals surface area contributed by atoms with Gasteiger partial charge >= 0.3 is 5.97 Å². The van der Waals surface area contributed by atoms with E-state index in [0.717, 1.165) is 6.07 Å². The van der Waals surface area contributed by atoms with Gasteiger partial charge in [0, 0.05) is 18.0 Å². The molecule has 0 spiro atoms. The van der Waals surface area contributed by atoms with Gasteiger partial charge in [-0.2, -0.15) is 0 Å². The Bertz CT molecular complexity index is 407. The molecule has 1 unspecified atom stereocenters. The van der Waals surface area contributed by atoms with Crippen molar-refractivity contribution < 1.29 is 18.7 Å². The van der Waals surface area contributed by atoms with Crippen LogP contribution in [0.4, 0.5) is 8.78 Å². The largest absolute Gasteiger partial charge is 0.481 e. The molecule has 0 aliphatic carbocycles. The van der Waals surface area contributed by atoms with Crippen molar-refractivity contribution in [2.45, 2.75) is 25.8 Å². The number of nitrogens with two attached hydrogens (primary N) is 1. The molecule has 0 radical (unpaired) electrons. The minimum atomic E-state index is -1.04. The van der Waals surface area contributed by atoms with Gasteiger partial charge in [0.15, 0.2) is 0 Å². The quantitative estimate of drug-likeness (QED) is 0.831. The van der Waals surface area contributed by atoms with E-state index in [1.807, 2.05) is 0 Å². The van der Waals surface area contributed by atoms with Gasteiger partial charge in [-0.3, -0.25) is 4.79 Å². The zero-order valence-corrected chi connectivity index (χ0v) is 8.84. The van der Waals surface area contributed by atoms with Gasteiger partial charge in [0.25, 0.3) is 0 Å². The van der Waals surface area contributed by atoms with Gasteiger partial charge in [0.1, 0.15) is 11.6 Å². The number of halogens is 2. The van der Waals surface area contributed by atoms with Crippen molar-refractivity contribution in [3.05, 3.63) is 34.9 Å². The number of aryl methyl sites for hydroxylation is 1. The summed E-state index contributed by atoms with van der Waals surface area (Å²) in [7, 11) is 0. The fourth-order valence-corrected chi connectivity index (χ4v) is 1.44. The molecule has 88 valence electrons. The third kappa shape index (κ3) is 2.76. The Morgan fingerprint density at radius 2 is 2.12 bits per heavy atom. The predicted molar refractivity (Wildman–Crippen MR) is 54.9 cm³/mol. The highest BCUT2D eigenvalue weighted by atomic mass is 19.1. The van der Waals surface area contributed by atoms with Crippen LogP contribution in [0.3, 0.4) is 0 Å². The van der Waals surface area contributed by atoms with Gasteiger partial charge in [-0.25, -0.2) is 8.78 Å². The van der Waals surface area contributed by atoms with Crippen LogP contribution in [0.1, 0.15) is 30.0 Å². The van der Waals surface area contributed by atoms with Crippen molar-refractivity contribution in [3.8, 4) is 0 Å². The van der Waals surface area contributed by atoms with E-state index in [2.05, 4.69) is 0 Å². The fraction of sp³-hybridized carbons (Fsp3) is 0.364. The van der Waals surface area contributed by atoms with E-state index in [0.29, 0.717) is 5.56 Å². The van der Waals surface area contributed by atoms with Crippen LogP contribution < -0.4 is 5.73 Å². The third-order valence-corrected chi connectivity index (χ3v) is 2.36. The number of hydrogen-bond acceptors (Lipinski definition) is 2. The van der Waals surface area contributed by atoms with Crippen molar-refractivity contribution in [1.29, 1.82) is 0 Å². The first-order valence-electron chi connectivity index (χ1n) is 4.85. The summed E-state index contributed by atoms with van der Waals surface area (Å²) in [5.74, 6) is -2.47. The van der Waals surface area contributed by atoms with Crippen LogP contribution in [0.2, 0.25) is 0 Å². The third-order valence-electron chi connectivity index (χ3n) is 2.36. The minimum absolute atomic E-state index is 0.00657. The van der Waals surface area contributed by atoms with Crippen molar-refractivity contribution in [3.63, 3.8) is 0 Å². The Hall–Kier alpha value is -1.49. The van der Waals surface area contributed by atoms with Gasteiger partial charge in [-0.1, -0.05) is 6.07 Å². The predicted octanol–water partition coefficient (Wildman–Crippen LogP) is 2.14. The summed E-state index contributed by atoms with van der Waals surface area (Å²) in [4.78, 5) is 10.3. The molecule has 1 aromatic carbocycles. The molecule has 0 aromatic heterocycles. The molecule has 0 aliphatic rings. The highest BCUT2D eigenvalue weighted by Gasteiger charge is 2.18. The second-order valence-corrected chi connectivity index (χ2v) is 3.63. The van der Waals surface area contributed by atoms with Gasteiger partial charge in [-0.15, -0.1) is 0 Å². The van der Waals surface area contributed by atoms with Crippen molar-refractivity contribution in [2.75, 3.05) is 0 Å². The van der Waals surface area contributed by atoms with E-state index in [1.165, 1.54) is 13.0 Å². The van der Waals surface area contributed by atoms with Crippen LogP contribution >= 0.6 is 0 Å². The molecular formula is C11H13F2NO2. The number of rotatable bonds is 4. The molecule has 0 fully saturated rings. The van der Waals surface area contributed by atoms with E-state index < -0.39 is 23.6 Å². The van der Waals surface area contributed by atoms with Crippen LogP contribution in [0.15, 0.2) is 12.1 Å². The summed E-state index contributed by atoms with van der Waals surface area (Å²) in [5, 5.41) is 8.46. The highest BCUT2D eigenvalue weighted by Crippen LogP contribution is 2.24. The molecule has 5 heteroatoms. The van der Waals surface area contributed by atoms with Crippen molar-refractivity contribution in [1.82, 2.24) is 0 Å². The number of aliphatic carboxylic acids is 1. The van der Waals surface area contributed by atoms with Gasteiger partial charge in [-0.05, 0) is 25.0 Å². The molecule has 1 atom stereocenters. The Morgan fingerprint density at radius 1 is 1.50 bits per heavy atom. The highest BCUT2D eigenvalue weighted by molar-refractivity contribution is 5.66. The average molecular weight is 229 g/mol. The number of carbonyl (C=O) groups is 1.